The highest BCUT2D eigenvalue weighted by Gasteiger charge is 2.15. The number of amides is 1. The van der Waals surface area contributed by atoms with Gasteiger partial charge in [-0.1, -0.05) is 12.2 Å². The van der Waals surface area contributed by atoms with Gasteiger partial charge in [-0.25, -0.2) is 9.78 Å². The third kappa shape index (κ3) is 6.57. The molecule has 0 aliphatic rings. The van der Waals surface area contributed by atoms with Crippen LogP contribution in [0.3, 0.4) is 0 Å². The Labute approximate surface area is 125 Å². The summed E-state index contributed by atoms with van der Waals surface area (Å²) >= 11 is 0. The number of carbonyl (C=O) groups is 1. The molecular weight excluding hydrogens is 266 g/mol. The van der Waals surface area contributed by atoms with Crippen LogP contribution in [0, 0.1) is 18.3 Å². The second-order valence-corrected chi connectivity index (χ2v) is 5.67. The number of rotatable bonds is 4. The molecule has 0 fully saturated rings. The van der Waals surface area contributed by atoms with Crippen LogP contribution in [-0.2, 0) is 4.74 Å². The number of aromatic nitrogens is 1. The highest BCUT2D eigenvalue weighted by molar-refractivity contribution is 5.67. The van der Waals surface area contributed by atoms with Crippen molar-refractivity contribution in [3.8, 4) is 6.07 Å². The maximum absolute atomic E-state index is 11.4. The molecule has 0 spiro atoms. The molecule has 1 heterocycles. The van der Waals surface area contributed by atoms with Crippen molar-refractivity contribution >= 4 is 12.2 Å². The van der Waals surface area contributed by atoms with Crippen LogP contribution in [0.25, 0.3) is 6.08 Å². The van der Waals surface area contributed by atoms with Crippen LogP contribution in [0.1, 0.15) is 44.0 Å². The predicted octanol–water partition coefficient (Wildman–Crippen LogP) is 3.19. The van der Waals surface area contributed by atoms with Gasteiger partial charge in [0.05, 0.1) is 0 Å². The number of nitrogens with zero attached hydrogens (tertiary/aromatic N) is 2. The molecule has 1 aromatic heterocycles. The molecule has 112 valence electrons. The fourth-order valence-electron chi connectivity index (χ4n) is 1.60. The zero-order chi connectivity index (χ0) is 15.9. The lowest BCUT2D eigenvalue weighted by Gasteiger charge is -2.19. The SMILES string of the molecule is Cc1cc(C=CCCNC(=O)OC(C)(C)C)cnc1C#N. The maximum atomic E-state index is 11.4. The summed E-state index contributed by atoms with van der Waals surface area (Å²) in [6.45, 7) is 7.84. The number of hydrogen-bond acceptors (Lipinski definition) is 4. The molecule has 1 rings (SSSR count). The van der Waals surface area contributed by atoms with E-state index in [4.69, 9.17) is 10.00 Å². The third-order valence-corrected chi connectivity index (χ3v) is 2.49. The Morgan fingerprint density at radius 3 is 2.81 bits per heavy atom. The minimum atomic E-state index is -0.481. The first-order valence-corrected chi connectivity index (χ1v) is 6.82. The number of pyridine rings is 1. The second kappa shape index (κ2) is 7.44. The fourth-order valence-corrected chi connectivity index (χ4v) is 1.60. The third-order valence-electron chi connectivity index (χ3n) is 2.49. The molecule has 5 nitrogen and oxygen atoms in total. The molecule has 0 saturated heterocycles. The Morgan fingerprint density at radius 2 is 2.24 bits per heavy atom. The highest BCUT2D eigenvalue weighted by atomic mass is 16.6. The topological polar surface area (TPSA) is 75.0 Å². The van der Waals surface area contributed by atoms with Gasteiger partial charge < -0.3 is 10.1 Å². The molecule has 1 aromatic rings. The van der Waals surface area contributed by atoms with Gasteiger partial charge in [-0.15, -0.1) is 0 Å². The van der Waals surface area contributed by atoms with E-state index in [2.05, 4.69) is 10.3 Å². The molecule has 0 unspecified atom stereocenters. The van der Waals surface area contributed by atoms with Gasteiger partial charge in [0.1, 0.15) is 17.4 Å². The quantitative estimate of drug-likeness (QED) is 0.863. The first kappa shape index (κ1) is 16.7. The molecular formula is C16H21N3O2. The molecule has 21 heavy (non-hydrogen) atoms. The number of nitrogens with one attached hydrogen (secondary N) is 1. The second-order valence-electron chi connectivity index (χ2n) is 5.67. The van der Waals surface area contributed by atoms with Crippen molar-refractivity contribution in [2.24, 2.45) is 0 Å². The normalized spacial score (nSPS) is 11.2. The van der Waals surface area contributed by atoms with E-state index in [1.54, 1.807) is 6.20 Å². The molecule has 0 aliphatic heterocycles. The smallest absolute Gasteiger partial charge is 0.407 e. The lowest BCUT2D eigenvalue weighted by Crippen LogP contribution is -2.32. The first-order chi connectivity index (χ1) is 9.81. The Bertz CT molecular complexity index is 566. The molecule has 0 atom stereocenters. The van der Waals surface area contributed by atoms with E-state index in [0.29, 0.717) is 18.7 Å². The summed E-state index contributed by atoms with van der Waals surface area (Å²) in [6, 6.07) is 3.94. The molecule has 1 N–H and O–H groups in total. The first-order valence-electron chi connectivity index (χ1n) is 6.82. The Balaban J connectivity index is 2.38. The summed E-state index contributed by atoms with van der Waals surface area (Å²) in [6.07, 6.45) is 5.80. The van der Waals surface area contributed by atoms with Gasteiger partial charge >= 0.3 is 6.09 Å². The van der Waals surface area contributed by atoms with Crippen molar-refractivity contribution in [1.29, 1.82) is 5.26 Å². The lowest BCUT2D eigenvalue weighted by molar-refractivity contribution is 0.0529. The van der Waals surface area contributed by atoms with Gasteiger partial charge in [-0.05, 0) is 51.3 Å². The number of ether oxygens (including phenoxy) is 1. The Hall–Kier alpha value is -2.35. The van der Waals surface area contributed by atoms with Gasteiger partial charge in [-0.3, -0.25) is 0 Å². The van der Waals surface area contributed by atoms with E-state index < -0.39 is 11.7 Å². The molecule has 5 heteroatoms. The van der Waals surface area contributed by atoms with E-state index in [9.17, 15) is 4.79 Å². The number of nitriles is 1. The van der Waals surface area contributed by atoms with E-state index in [-0.39, 0.29) is 0 Å². The van der Waals surface area contributed by atoms with Crippen LogP contribution in [0.15, 0.2) is 18.3 Å². The summed E-state index contributed by atoms with van der Waals surface area (Å²) < 4.78 is 5.13. The van der Waals surface area contributed by atoms with Gasteiger partial charge in [0, 0.05) is 12.7 Å². The van der Waals surface area contributed by atoms with Crippen molar-refractivity contribution in [2.75, 3.05) is 6.54 Å². The van der Waals surface area contributed by atoms with Gasteiger partial charge in [-0.2, -0.15) is 5.26 Å². The standard InChI is InChI=1S/C16H21N3O2/c1-12-9-13(11-19-14(12)10-17)7-5-6-8-18-15(20)21-16(2,3)4/h5,7,9,11H,6,8H2,1-4H3,(H,18,20). The van der Waals surface area contributed by atoms with Crippen LogP contribution in [0.4, 0.5) is 4.79 Å². The van der Waals surface area contributed by atoms with Crippen LogP contribution < -0.4 is 5.32 Å². The average molecular weight is 287 g/mol. The zero-order valence-electron chi connectivity index (χ0n) is 12.9. The molecule has 0 bridgehead atoms. The fraction of sp³-hybridized carbons (Fsp3) is 0.438. The van der Waals surface area contributed by atoms with Crippen molar-refractivity contribution in [3.05, 3.63) is 35.2 Å². The van der Waals surface area contributed by atoms with E-state index in [1.807, 2.05) is 52.0 Å². The zero-order valence-corrected chi connectivity index (χ0v) is 12.9. The summed E-state index contributed by atoms with van der Waals surface area (Å²) in [5.74, 6) is 0. The molecule has 0 radical (unpaired) electrons. The van der Waals surface area contributed by atoms with Crippen LogP contribution >= 0.6 is 0 Å². The largest absolute Gasteiger partial charge is 0.444 e. The van der Waals surface area contributed by atoms with Crippen molar-refractivity contribution in [1.82, 2.24) is 10.3 Å². The summed E-state index contributed by atoms with van der Waals surface area (Å²) in [5, 5.41) is 11.5. The predicted molar refractivity (Wildman–Crippen MR) is 81.6 cm³/mol. The number of carbonyl (C=O) groups excluding carboxylic acids is 1. The van der Waals surface area contributed by atoms with E-state index in [0.717, 1.165) is 11.1 Å². The number of alkyl carbamates (subject to hydrolysis) is 1. The monoisotopic (exact) mass is 287 g/mol. The van der Waals surface area contributed by atoms with Gasteiger partial charge in [0.2, 0.25) is 0 Å². The van der Waals surface area contributed by atoms with Crippen LogP contribution in [0.5, 0.6) is 0 Å². The summed E-state index contributed by atoms with van der Waals surface area (Å²) in [4.78, 5) is 15.5. The maximum Gasteiger partial charge on any atom is 0.407 e. The molecule has 0 saturated carbocycles. The molecule has 1 amide bonds. The van der Waals surface area contributed by atoms with Crippen molar-refractivity contribution in [3.63, 3.8) is 0 Å². The highest BCUT2D eigenvalue weighted by Crippen LogP contribution is 2.09. The Morgan fingerprint density at radius 1 is 1.52 bits per heavy atom. The minimum absolute atomic E-state index is 0.410. The molecule has 0 aromatic carbocycles. The number of aryl methyl sites for hydroxylation is 1. The number of hydrogen-bond donors (Lipinski definition) is 1. The van der Waals surface area contributed by atoms with Crippen LogP contribution in [-0.4, -0.2) is 23.2 Å². The summed E-state index contributed by atoms with van der Waals surface area (Å²) in [7, 11) is 0. The minimum Gasteiger partial charge on any atom is -0.444 e. The van der Waals surface area contributed by atoms with Crippen LogP contribution in [0.2, 0.25) is 0 Å². The van der Waals surface area contributed by atoms with Crippen molar-refractivity contribution < 1.29 is 9.53 Å². The van der Waals surface area contributed by atoms with E-state index in [1.165, 1.54) is 0 Å². The molecule has 0 aliphatic carbocycles. The lowest BCUT2D eigenvalue weighted by atomic mass is 10.1. The van der Waals surface area contributed by atoms with Gasteiger partial charge in [0.15, 0.2) is 0 Å². The Kier molecular flexibility index (Phi) is 5.92. The van der Waals surface area contributed by atoms with Crippen molar-refractivity contribution in [2.45, 2.75) is 39.7 Å². The van der Waals surface area contributed by atoms with E-state index >= 15 is 0 Å². The average Bonchev–Trinajstić information content (AvgIpc) is 2.36. The van der Waals surface area contributed by atoms with Gasteiger partial charge in [0.25, 0.3) is 0 Å². The summed E-state index contributed by atoms with van der Waals surface area (Å²) in [5.41, 5.74) is 1.75.